The minimum Gasteiger partial charge on any atom is -0.480 e. The van der Waals surface area contributed by atoms with Gasteiger partial charge in [0, 0.05) is 31.9 Å². The van der Waals surface area contributed by atoms with Crippen LogP contribution in [-0.2, 0) is 33.6 Å². The molecule has 7 heteroatoms. The van der Waals surface area contributed by atoms with E-state index in [0.29, 0.717) is 13.2 Å². The van der Waals surface area contributed by atoms with E-state index >= 15 is 0 Å². The molecule has 0 radical (unpaired) electrons. The molecule has 166 valence electrons. The van der Waals surface area contributed by atoms with Gasteiger partial charge in [0.05, 0.1) is 6.42 Å². The molecular formula is C24H31N3O4. The lowest BCUT2D eigenvalue weighted by Gasteiger charge is -2.17. The van der Waals surface area contributed by atoms with Gasteiger partial charge in [-0.1, -0.05) is 36.4 Å². The van der Waals surface area contributed by atoms with Gasteiger partial charge in [-0.05, 0) is 49.3 Å². The molecule has 0 bridgehead atoms. The number of carboxylic acids is 1. The molecule has 2 heterocycles. The number of anilines is 1. The fraction of sp³-hybridized carbons (Fsp3) is 0.458. The number of nitrogens with zero attached hydrogens (tertiary/aromatic N) is 1. The molecule has 31 heavy (non-hydrogen) atoms. The van der Waals surface area contributed by atoms with Crippen LogP contribution < -0.4 is 10.6 Å². The van der Waals surface area contributed by atoms with Gasteiger partial charge in [0.15, 0.2) is 0 Å². The summed E-state index contributed by atoms with van der Waals surface area (Å²) in [5.41, 5.74) is 3.23. The van der Waals surface area contributed by atoms with Gasteiger partial charge in [0.1, 0.15) is 11.9 Å². The van der Waals surface area contributed by atoms with Crippen molar-refractivity contribution in [2.75, 3.05) is 25.1 Å². The van der Waals surface area contributed by atoms with Crippen LogP contribution in [0.3, 0.4) is 0 Å². The first-order valence-electron chi connectivity index (χ1n) is 11.0. The van der Waals surface area contributed by atoms with Gasteiger partial charge in [-0.2, -0.15) is 0 Å². The second-order valence-corrected chi connectivity index (χ2v) is 7.82. The maximum absolute atomic E-state index is 12.1. The standard InChI is InChI=1S/C24H31N3O4/c28-22(17-18-7-2-1-3-8-18)27-21(24(29)30)13-16-31-15-5-4-10-20-12-11-19-9-6-14-25-23(19)26-20/h1-3,7-8,11-12,21H,4-6,9-10,13-17H2,(H,25,26)(H,27,28)(H,29,30). The predicted octanol–water partition coefficient (Wildman–Crippen LogP) is 2.98. The Hall–Kier alpha value is -2.93. The molecule has 0 fully saturated rings. The van der Waals surface area contributed by atoms with E-state index in [0.717, 1.165) is 55.7 Å². The van der Waals surface area contributed by atoms with E-state index in [2.05, 4.69) is 27.8 Å². The number of amides is 1. The second kappa shape index (κ2) is 12.1. The number of carbonyl (C=O) groups excluding carboxylic acids is 1. The van der Waals surface area contributed by atoms with E-state index in [1.165, 1.54) is 5.56 Å². The maximum Gasteiger partial charge on any atom is 0.326 e. The Labute approximate surface area is 183 Å². The third-order valence-electron chi connectivity index (χ3n) is 5.32. The number of nitrogens with one attached hydrogen (secondary N) is 2. The van der Waals surface area contributed by atoms with Crippen LogP contribution in [0.15, 0.2) is 42.5 Å². The molecule has 1 aliphatic heterocycles. The number of aryl methyl sites for hydroxylation is 2. The van der Waals surface area contributed by atoms with E-state index in [9.17, 15) is 14.7 Å². The zero-order chi connectivity index (χ0) is 21.9. The smallest absolute Gasteiger partial charge is 0.326 e. The lowest BCUT2D eigenvalue weighted by atomic mass is 10.1. The number of hydrogen-bond donors (Lipinski definition) is 3. The van der Waals surface area contributed by atoms with Crippen LogP contribution in [0.5, 0.6) is 0 Å². The largest absolute Gasteiger partial charge is 0.480 e. The molecular weight excluding hydrogens is 394 g/mol. The first-order valence-corrected chi connectivity index (χ1v) is 11.0. The Balaban J connectivity index is 1.29. The molecule has 1 atom stereocenters. The molecule has 1 amide bonds. The third-order valence-corrected chi connectivity index (χ3v) is 5.32. The number of aliphatic carboxylic acids is 1. The summed E-state index contributed by atoms with van der Waals surface area (Å²) < 4.78 is 5.60. The van der Waals surface area contributed by atoms with E-state index in [4.69, 9.17) is 4.74 Å². The van der Waals surface area contributed by atoms with Crippen molar-refractivity contribution in [1.82, 2.24) is 10.3 Å². The van der Waals surface area contributed by atoms with Crippen LogP contribution in [0.2, 0.25) is 0 Å². The molecule has 1 aromatic heterocycles. The van der Waals surface area contributed by atoms with Crippen molar-refractivity contribution in [2.24, 2.45) is 0 Å². The van der Waals surface area contributed by atoms with E-state index < -0.39 is 12.0 Å². The summed E-state index contributed by atoms with van der Waals surface area (Å²) in [7, 11) is 0. The number of pyridine rings is 1. The van der Waals surface area contributed by atoms with Crippen LogP contribution in [0.4, 0.5) is 5.82 Å². The van der Waals surface area contributed by atoms with Crippen molar-refractivity contribution in [3.8, 4) is 0 Å². The van der Waals surface area contributed by atoms with Crippen LogP contribution in [0, 0.1) is 0 Å². The number of benzene rings is 1. The highest BCUT2D eigenvalue weighted by molar-refractivity contribution is 5.84. The monoisotopic (exact) mass is 425 g/mol. The van der Waals surface area contributed by atoms with E-state index in [-0.39, 0.29) is 18.7 Å². The summed E-state index contributed by atoms with van der Waals surface area (Å²) in [5.74, 6) is -0.322. The average Bonchev–Trinajstić information content (AvgIpc) is 2.78. The van der Waals surface area contributed by atoms with Crippen LogP contribution in [-0.4, -0.2) is 47.8 Å². The first-order chi connectivity index (χ1) is 15.1. The molecule has 3 N–H and O–H groups in total. The van der Waals surface area contributed by atoms with Crippen molar-refractivity contribution >= 4 is 17.7 Å². The summed E-state index contributed by atoms with van der Waals surface area (Å²) in [4.78, 5) is 28.2. The lowest BCUT2D eigenvalue weighted by Crippen LogP contribution is -2.42. The van der Waals surface area contributed by atoms with Crippen molar-refractivity contribution in [2.45, 2.75) is 51.0 Å². The fourth-order valence-electron chi connectivity index (χ4n) is 3.61. The van der Waals surface area contributed by atoms with Crippen LogP contribution in [0.1, 0.15) is 42.5 Å². The predicted molar refractivity (Wildman–Crippen MR) is 119 cm³/mol. The number of rotatable bonds is 12. The summed E-state index contributed by atoms with van der Waals surface area (Å²) >= 11 is 0. The fourth-order valence-corrected chi connectivity index (χ4v) is 3.61. The molecule has 1 unspecified atom stereocenters. The Morgan fingerprint density at radius 2 is 1.97 bits per heavy atom. The minimum atomic E-state index is -1.04. The van der Waals surface area contributed by atoms with Crippen molar-refractivity contribution in [3.63, 3.8) is 0 Å². The Morgan fingerprint density at radius 1 is 1.13 bits per heavy atom. The van der Waals surface area contributed by atoms with Gasteiger partial charge in [-0.3, -0.25) is 4.79 Å². The van der Waals surface area contributed by atoms with Crippen molar-refractivity contribution < 1.29 is 19.4 Å². The Morgan fingerprint density at radius 3 is 2.77 bits per heavy atom. The summed E-state index contributed by atoms with van der Waals surface area (Å²) in [6, 6.07) is 12.6. The zero-order valence-corrected chi connectivity index (χ0v) is 17.8. The normalized spacial score (nSPS) is 13.7. The van der Waals surface area contributed by atoms with Gasteiger partial charge in [-0.25, -0.2) is 9.78 Å². The molecule has 0 spiro atoms. The number of carboxylic acid groups (broad SMARTS) is 1. The first kappa shape index (κ1) is 22.7. The van der Waals surface area contributed by atoms with Crippen LogP contribution >= 0.6 is 0 Å². The third kappa shape index (κ3) is 7.68. The highest BCUT2D eigenvalue weighted by atomic mass is 16.5. The number of fused-ring (bicyclic) bond motifs is 1. The molecule has 3 rings (SSSR count). The maximum atomic E-state index is 12.1. The van der Waals surface area contributed by atoms with Gasteiger partial charge in [0.25, 0.3) is 0 Å². The molecule has 1 aliphatic rings. The molecule has 0 aliphatic carbocycles. The average molecular weight is 426 g/mol. The van der Waals surface area contributed by atoms with Crippen LogP contribution in [0.25, 0.3) is 0 Å². The molecule has 2 aromatic rings. The number of carbonyl (C=O) groups is 2. The highest BCUT2D eigenvalue weighted by Crippen LogP contribution is 2.20. The number of aromatic nitrogens is 1. The topological polar surface area (TPSA) is 101 Å². The van der Waals surface area contributed by atoms with Gasteiger partial charge >= 0.3 is 5.97 Å². The lowest BCUT2D eigenvalue weighted by molar-refractivity contribution is -0.142. The summed E-state index contributed by atoms with van der Waals surface area (Å²) in [5, 5.41) is 15.3. The minimum absolute atomic E-state index is 0.164. The van der Waals surface area contributed by atoms with Crippen molar-refractivity contribution in [3.05, 3.63) is 59.3 Å². The zero-order valence-electron chi connectivity index (χ0n) is 17.8. The molecule has 0 saturated carbocycles. The summed E-state index contributed by atoms with van der Waals surface area (Å²) in [6.07, 6.45) is 5.39. The van der Waals surface area contributed by atoms with Gasteiger partial charge in [0.2, 0.25) is 5.91 Å². The Kier molecular flexibility index (Phi) is 8.84. The summed E-state index contributed by atoms with van der Waals surface area (Å²) in [6.45, 7) is 1.85. The number of hydrogen-bond acceptors (Lipinski definition) is 5. The number of unbranched alkanes of at least 4 members (excludes halogenated alkanes) is 1. The number of ether oxygens (including phenoxy) is 1. The Bertz CT molecular complexity index is 857. The second-order valence-electron chi connectivity index (χ2n) is 7.82. The van der Waals surface area contributed by atoms with Gasteiger partial charge < -0.3 is 20.5 Å². The van der Waals surface area contributed by atoms with E-state index in [1.54, 1.807) is 0 Å². The van der Waals surface area contributed by atoms with Crippen molar-refractivity contribution in [1.29, 1.82) is 0 Å². The van der Waals surface area contributed by atoms with Gasteiger partial charge in [-0.15, -0.1) is 0 Å². The van der Waals surface area contributed by atoms with E-state index in [1.807, 2.05) is 30.3 Å². The highest BCUT2D eigenvalue weighted by Gasteiger charge is 2.19. The molecule has 7 nitrogen and oxygen atoms in total. The SMILES string of the molecule is O=C(Cc1ccccc1)NC(CCOCCCCc1ccc2c(n1)NCCC2)C(=O)O. The molecule has 0 saturated heterocycles. The molecule has 1 aromatic carbocycles. The quantitative estimate of drug-likeness (QED) is 0.452.